The van der Waals surface area contributed by atoms with E-state index in [2.05, 4.69) is 15.3 Å². The lowest BCUT2D eigenvalue weighted by Crippen LogP contribution is -2.18. The van der Waals surface area contributed by atoms with Crippen LogP contribution in [0.2, 0.25) is 0 Å². The van der Waals surface area contributed by atoms with Crippen LogP contribution < -0.4 is 5.32 Å². The highest BCUT2D eigenvalue weighted by Crippen LogP contribution is 2.42. The molecule has 0 saturated heterocycles. The lowest BCUT2D eigenvalue weighted by atomic mass is 10.1. The Balaban J connectivity index is 2.06. The molecule has 0 unspecified atom stereocenters. The molecule has 0 saturated carbocycles. The van der Waals surface area contributed by atoms with E-state index in [4.69, 9.17) is 4.42 Å². The fourth-order valence-electron chi connectivity index (χ4n) is 2.29. The maximum absolute atomic E-state index is 13.3. The Labute approximate surface area is 140 Å². The first-order valence-electron chi connectivity index (χ1n) is 7.49. The molecule has 130 valence electrons. The predicted molar refractivity (Wildman–Crippen MR) is 85.7 cm³/mol. The van der Waals surface area contributed by atoms with Crippen molar-refractivity contribution in [2.75, 3.05) is 5.32 Å². The maximum Gasteiger partial charge on any atom is 0.450 e. The minimum absolute atomic E-state index is 0.0137. The third-order valence-electron chi connectivity index (χ3n) is 3.54. The molecule has 25 heavy (non-hydrogen) atoms. The minimum atomic E-state index is -4.67. The van der Waals surface area contributed by atoms with Gasteiger partial charge in [-0.05, 0) is 6.07 Å². The number of amides is 1. The molecule has 0 aliphatic heterocycles. The summed E-state index contributed by atoms with van der Waals surface area (Å²) in [5, 5.41) is 2.83. The molecule has 1 amide bonds. The smallest absolute Gasteiger partial charge is 0.450 e. The van der Waals surface area contributed by atoms with Crippen molar-refractivity contribution in [1.82, 2.24) is 9.97 Å². The third kappa shape index (κ3) is 3.33. The Kier molecular flexibility index (Phi) is 4.20. The van der Waals surface area contributed by atoms with E-state index in [1.807, 2.05) is 0 Å². The molecule has 2 aromatic heterocycles. The van der Waals surface area contributed by atoms with Crippen LogP contribution in [0.25, 0.3) is 22.2 Å². The molecule has 0 aliphatic rings. The fraction of sp³-hybridized carbons (Fsp3) is 0.235. The normalized spacial score (nSPS) is 11.9. The van der Waals surface area contributed by atoms with Crippen molar-refractivity contribution in [2.45, 2.75) is 20.0 Å². The highest BCUT2D eigenvalue weighted by Gasteiger charge is 2.40. The van der Waals surface area contributed by atoms with E-state index in [0.29, 0.717) is 5.39 Å². The van der Waals surface area contributed by atoms with Crippen LogP contribution in [0.4, 0.5) is 19.0 Å². The lowest BCUT2D eigenvalue weighted by Gasteiger charge is -2.08. The van der Waals surface area contributed by atoms with Crippen molar-refractivity contribution < 1.29 is 22.4 Å². The van der Waals surface area contributed by atoms with Crippen molar-refractivity contribution in [3.05, 3.63) is 42.4 Å². The topological polar surface area (TPSA) is 68.0 Å². The molecule has 2 heterocycles. The molecule has 0 bridgehead atoms. The molecule has 0 atom stereocenters. The predicted octanol–water partition coefficient (Wildman–Crippen LogP) is 4.50. The summed E-state index contributed by atoms with van der Waals surface area (Å²) in [5.41, 5.74) is -0.0408. The van der Waals surface area contributed by atoms with Crippen molar-refractivity contribution in [3.8, 4) is 11.3 Å². The zero-order chi connectivity index (χ0) is 18.2. The number of anilines is 1. The van der Waals surface area contributed by atoms with Crippen molar-refractivity contribution in [2.24, 2.45) is 5.92 Å². The van der Waals surface area contributed by atoms with E-state index in [1.54, 1.807) is 26.0 Å². The molecule has 1 N–H and O–H groups in total. The number of carbonyl (C=O) groups excluding carboxylic acids is 1. The van der Waals surface area contributed by atoms with Crippen LogP contribution in [0.5, 0.6) is 0 Å². The van der Waals surface area contributed by atoms with Crippen LogP contribution in [-0.4, -0.2) is 15.9 Å². The average Bonchev–Trinajstić information content (AvgIpc) is 2.95. The molecular weight excluding hydrogens is 335 g/mol. The summed E-state index contributed by atoms with van der Waals surface area (Å²) < 4.78 is 44.9. The summed E-state index contributed by atoms with van der Waals surface area (Å²) in [6.07, 6.45) is -2.26. The van der Waals surface area contributed by atoms with E-state index in [9.17, 15) is 18.0 Å². The summed E-state index contributed by atoms with van der Waals surface area (Å²) in [5.74, 6) is -1.46. The van der Waals surface area contributed by atoms with Crippen LogP contribution in [0.15, 0.2) is 41.1 Å². The number of aromatic nitrogens is 2. The molecule has 3 aromatic rings. The lowest BCUT2D eigenvalue weighted by molar-refractivity contribution is -0.151. The molecular formula is C17H14F3N3O2. The quantitative estimate of drug-likeness (QED) is 0.756. The summed E-state index contributed by atoms with van der Waals surface area (Å²) >= 11 is 0. The zero-order valence-electron chi connectivity index (χ0n) is 13.4. The van der Waals surface area contributed by atoms with Crippen LogP contribution in [0.1, 0.15) is 19.6 Å². The molecule has 5 nitrogen and oxygen atoms in total. The second-order valence-electron chi connectivity index (χ2n) is 5.73. The number of para-hydroxylation sites is 1. The molecule has 0 spiro atoms. The number of hydrogen-bond donors (Lipinski definition) is 1. The Morgan fingerprint density at radius 1 is 1.16 bits per heavy atom. The summed E-state index contributed by atoms with van der Waals surface area (Å²) in [4.78, 5) is 19.6. The van der Waals surface area contributed by atoms with Gasteiger partial charge in [-0.1, -0.05) is 32.0 Å². The van der Waals surface area contributed by atoms with Gasteiger partial charge in [0, 0.05) is 11.3 Å². The Hall–Kier alpha value is -2.90. The molecule has 1 aromatic carbocycles. The number of nitrogens with zero attached hydrogens (tertiary/aromatic N) is 2. The van der Waals surface area contributed by atoms with Crippen molar-refractivity contribution in [3.63, 3.8) is 0 Å². The molecule has 0 radical (unpaired) electrons. The Morgan fingerprint density at radius 2 is 1.88 bits per heavy atom. The van der Waals surface area contributed by atoms with E-state index in [1.165, 1.54) is 24.5 Å². The van der Waals surface area contributed by atoms with Gasteiger partial charge >= 0.3 is 6.18 Å². The van der Waals surface area contributed by atoms with E-state index < -0.39 is 11.9 Å². The maximum atomic E-state index is 13.3. The van der Waals surface area contributed by atoms with Crippen LogP contribution in [-0.2, 0) is 11.0 Å². The second kappa shape index (κ2) is 6.19. The Bertz CT molecular complexity index is 915. The highest BCUT2D eigenvalue weighted by atomic mass is 19.4. The molecule has 3 rings (SSSR count). The number of alkyl halides is 3. The number of hydrogen-bond acceptors (Lipinski definition) is 4. The van der Waals surface area contributed by atoms with E-state index >= 15 is 0 Å². The van der Waals surface area contributed by atoms with Crippen LogP contribution in [0, 0.1) is 5.92 Å². The van der Waals surface area contributed by atoms with Gasteiger partial charge in [0.1, 0.15) is 5.58 Å². The van der Waals surface area contributed by atoms with Gasteiger partial charge in [-0.2, -0.15) is 13.2 Å². The number of benzene rings is 1. The SMILES string of the molecule is CC(C)C(=O)Nc1cnc(-c2c(C(F)(F)F)oc3ccccc23)cn1. The van der Waals surface area contributed by atoms with Gasteiger partial charge in [0.25, 0.3) is 0 Å². The number of fused-ring (bicyclic) bond motifs is 1. The van der Waals surface area contributed by atoms with Crippen molar-refractivity contribution >= 4 is 22.7 Å². The monoisotopic (exact) mass is 349 g/mol. The van der Waals surface area contributed by atoms with Crippen molar-refractivity contribution in [1.29, 1.82) is 0 Å². The highest BCUT2D eigenvalue weighted by molar-refractivity contribution is 5.95. The van der Waals surface area contributed by atoms with Gasteiger partial charge in [-0.15, -0.1) is 0 Å². The largest absolute Gasteiger partial charge is 0.451 e. The first kappa shape index (κ1) is 16.9. The second-order valence-corrected chi connectivity index (χ2v) is 5.73. The summed E-state index contributed by atoms with van der Waals surface area (Å²) in [6.45, 7) is 3.43. The summed E-state index contributed by atoms with van der Waals surface area (Å²) in [7, 11) is 0. The first-order chi connectivity index (χ1) is 11.8. The van der Waals surface area contributed by atoms with Gasteiger partial charge in [0.2, 0.25) is 11.7 Å². The number of halogens is 3. The van der Waals surface area contributed by atoms with Gasteiger partial charge in [0.15, 0.2) is 5.82 Å². The fourth-order valence-corrected chi connectivity index (χ4v) is 2.29. The molecule has 0 fully saturated rings. The van der Waals surface area contributed by atoms with Crippen LogP contribution in [0.3, 0.4) is 0 Å². The number of furan rings is 1. The minimum Gasteiger partial charge on any atom is -0.451 e. The number of rotatable bonds is 3. The number of nitrogens with one attached hydrogen (secondary N) is 1. The zero-order valence-corrected chi connectivity index (χ0v) is 13.4. The first-order valence-corrected chi connectivity index (χ1v) is 7.49. The third-order valence-corrected chi connectivity index (χ3v) is 3.54. The van der Waals surface area contributed by atoms with Crippen LogP contribution >= 0.6 is 0 Å². The standard InChI is InChI=1S/C17H14F3N3O2/c1-9(2)16(24)23-13-8-21-11(7-22-13)14-10-5-3-4-6-12(10)25-15(14)17(18,19)20/h3-9H,1-2H3,(H,22,23,24). The molecule has 0 aliphatic carbocycles. The van der Waals surface area contributed by atoms with E-state index in [-0.39, 0.29) is 34.5 Å². The van der Waals surface area contributed by atoms with Gasteiger partial charge in [-0.25, -0.2) is 4.98 Å². The average molecular weight is 349 g/mol. The van der Waals surface area contributed by atoms with Gasteiger partial charge in [-0.3, -0.25) is 9.78 Å². The van der Waals surface area contributed by atoms with E-state index in [0.717, 1.165) is 0 Å². The number of carbonyl (C=O) groups is 1. The van der Waals surface area contributed by atoms with Gasteiger partial charge in [0.05, 0.1) is 23.7 Å². The molecule has 8 heteroatoms. The Morgan fingerprint density at radius 3 is 2.48 bits per heavy atom. The van der Waals surface area contributed by atoms with Gasteiger partial charge < -0.3 is 9.73 Å². The summed E-state index contributed by atoms with van der Waals surface area (Å²) in [6, 6.07) is 6.19.